The Hall–Kier alpha value is -1.36. The Morgan fingerprint density at radius 2 is 2.33 bits per heavy atom. The highest BCUT2D eigenvalue weighted by Crippen LogP contribution is 2.11. The number of ether oxygens (including phenoxy) is 1. The van der Waals surface area contributed by atoms with E-state index in [-0.39, 0.29) is 0 Å². The van der Waals surface area contributed by atoms with E-state index < -0.39 is 5.97 Å². The van der Waals surface area contributed by atoms with Gasteiger partial charge in [-0.25, -0.2) is 9.78 Å². The van der Waals surface area contributed by atoms with Crippen molar-refractivity contribution in [2.24, 2.45) is 0 Å². The van der Waals surface area contributed by atoms with Crippen molar-refractivity contribution in [3.63, 3.8) is 0 Å². The molecule has 0 aliphatic rings. The molecule has 0 aliphatic carbocycles. The number of aromatic nitrogens is 1. The molecule has 1 aromatic heterocycles. The maximum Gasteiger partial charge on any atom is 0.332 e. The molecule has 15 heavy (non-hydrogen) atoms. The molecule has 0 radical (unpaired) electrons. The van der Waals surface area contributed by atoms with Gasteiger partial charge in [-0.2, -0.15) is 0 Å². The molecule has 1 rings (SSSR count). The van der Waals surface area contributed by atoms with Crippen LogP contribution in [0.2, 0.25) is 0 Å². The Morgan fingerprint density at radius 1 is 1.60 bits per heavy atom. The Bertz CT molecular complexity index is 374. The number of esters is 1. The monoisotopic (exact) mass is 270 g/mol. The second-order valence-electron chi connectivity index (χ2n) is 2.84. The standard InChI is InChI=1S/C10H11BrN2O2/c1-7(5-10(14)15-2)13-9-4-3-8(11)6-12-9/h3-6H,1-2H3,(H,12,13)/b7-5+. The predicted octanol–water partition coefficient (Wildman–Crippen LogP) is 2.33. The van der Waals surface area contributed by atoms with E-state index in [1.54, 1.807) is 19.2 Å². The van der Waals surface area contributed by atoms with Gasteiger partial charge in [0, 0.05) is 22.4 Å². The zero-order chi connectivity index (χ0) is 11.3. The van der Waals surface area contributed by atoms with Crippen LogP contribution in [-0.2, 0) is 9.53 Å². The average Bonchev–Trinajstić information content (AvgIpc) is 2.21. The quantitative estimate of drug-likeness (QED) is 0.677. The van der Waals surface area contributed by atoms with E-state index in [0.29, 0.717) is 11.5 Å². The minimum absolute atomic E-state index is 0.392. The fourth-order valence-electron chi connectivity index (χ4n) is 0.924. The summed E-state index contributed by atoms with van der Waals surface area (Å²) in [6.07, 6.45) is 3.04. The van der Waals surface area contributed by atoms with Gasteiger partial charge >= 0.3 is 5.97 Å². The predicted molar refractivity (Wildman–Crippen MR) is 61.3 cm³/mol. The van der Waals surface area contributed by atoms with E-state index in [1.165, 1.54) is 13.2 Å². The van der Waals surface area contributed by atoms with E-state index in [9.17, 15) is 4.79 Å². The molecule has 0 bridgehead atoms. The summed E-state index contributed by atoms with van der Waals surface area (Å²) in [5.74, 6) is 0.285. The van der Waals surface area contributed by atoms with Gasteiger partial charge in [0.25, 0.3) is 0 Å². The average molecular weight is 271 g/mol. The molecule has 0 saturated carbocycles. The first-order valence-electron chi connectivity index (χ1n) is 4.26. The topological polar surface area (TPSA) is 51.2 Å². The van der Waals surface area contributed by atoms with E-state index >= 15 is 0 Å². The highest BCUT2D eigenvalue weighted by atomic mass is 79.9. The van der Waals surface area contributed by atoms with Gasteiger partial charge < -0.3 is 10.1 Å². The lowest BCUT2D eigenvalue weighted by Gasteiger charge is -2.04. The largest absolute Gasteiger partial charge is 0.466 e. The first kappa shape index (κ1) is 11.7. The first-order chi connectivity index (χ1) is 7.11. The van der Waals surface area contributed by atoms with Gasteiger partial charge in [-0.15, -0.1) is 0 Å². The molecule has 5 heteroatoms. The lowest BCUT2D eigenvalue weighted by Crippen LogP contribution is -2.02. The molecule has 4 nitrogen and oxygen atoms in total. The zero-order valence-electron chi connectivity index (χ0n) is 8.45. The van der Waals surface area contributed by atoms with Gasteiger partial charge in [-0.1, -0.05) is 0 Å². The van der Waals surface area contributed by atoms with Crippen LogP contribution in [0.15, 0.2) is 34.6 Å². The summed E-state index contributed by atoms with van der Waals surface area (Å²) in [5.41, 5.74) is 0.677. The molecule has 0 saturated heterocycles. The van der Waals surface area contributed by atoms with Crippen molar-refractivity contribution in [2.75, 3.05) is 12.4 Å². The Labute approximate surface area is 96.5 Å². The fourth-order valence-corrected chi connectivity index (χ4v) is 1.16. The van der Waals surface area contributed by atoms with Crippen LogP contribution in [0.4, 0.5) is 5.82 Å². The normalized spacial score (nSPS) is 11.0. The minimum atomic E-state index is -0.392. The summed E-state index contributed by atoms with van der Waals surface area (Å²) in [4.78, 5) is 15.0. The summed E-state index contributed by atoms with van der Waals surface area (Å²) in [6.45, 7) is 1.76. The second-order valence-corrected chi connectivity index (χ2v) is 3.75. The van der Waals surface area contributed by atoms with Crippen LogP contribution < -0.4 is 5.32 Å². The van der Waals surface area contributed by atoms with Crippen LogP contribution in [-0.4, -0.2) is 18.1 Å². The lowest BCUT2D eigenvalue weighted by molar-refractivity contribution is -0.134. The number of carbonyl (C=O) groups is 1. The molecule has 0 unspecified atom stereocenters. The third-order valence-corrected chi connectivity index (χ3v) is 2.06. The van der Waals surface area contributed by atoms with Gasteiger partial charge in [0.2, 0.25) is 0 Å². The van der Waals surface area contributed by atoms with Crippen LogP contribution in [0, 0.1) is 0 Å². The molecule has 80 valence electrons. The summed E-state index contributed by atoms with van der Waals surface area (Å²) in [5, 5.41) is 2.96. The number of nitrogens with zero attached hydrogens (tertiary/aromatic N) is 1. The van der Waals surface area contributed by atoms with E-state index in [0.717, 1.165) is 4.47 Å². The van der Waals surface area contributed by atoms with Crippen molar-refractivity contribution in [3.05, 3.63) is 34.6 Å². The minimum Gasteiger partial charge on any atom is -0.466 e. The van der Waals surface area contributed by atoms with E-state index in [1.807, 2.05) is 6.07 Å². The Kier molecular flexibility index (Phi) is 4.30. The number of pyridine rings is 1. The second kappa shape index (κ2) is 5.50. The van der Waals surface area contributed by atoms with Crippen molar-refractivity contribution in [2.45, 2.75) is 6.92 Å². The summed E-state index contributed by atoms with van der Waals surface area (Å²) in [6, 6.07) is 3.67. The maximum atomic E-state index is 10.9. The molecule has 0 fully saturated rings. The number of nitrogens with one attached hydrogen (secondary N) is 1. The van der Waals surface area contributed by atoms with Crippen molar-refractivity contribution < 1.29 is 9.53 Å². The maximum absolute atomic E-state index is 10.9. The third kappa shape index (κ3) is 4.12. The summed E-state index contributed by atoms with van der Waals surface area (Å²) < 4.78 is 5.40. The molecular weight excluding hydrogens is 260 g/mol. The Morgan fingerprint density at radius 3 is 2.87 bits per heavy atom. The highest BCUT2D eigenvalue weighted by molar-refractivity contribution is 9.10. The van der Waals surface area contributed by atoms with Gasteiger partial charge in [-0.05, 0) is 35.0 Å². The number of carbonyl (C=O) groups excluding carboxylic acids is 1. The molecule has 1 N–H and O–H groups in total. The van der Waals surface area contributed by atoms with Crippen LogP contribution in [0.25, 0.3) is 0 Å². The molecule has 0 amide bonds. The van der Waals surface area contributed by atoms with E-state index in [2.05, 4.69) is 31.0 Å². The number of halogens is 1. The number of allylic oxidation sites excluding steroid dienone is 1. The van der Waals surface area contributed by atoms with E-state index in [4.69, 9.17) is 0 Å². The van der Waals surface area contributed by atoms with Crippen LogP contribution in [0.3, 0.4) is 0 Å². The molecule has 1 heterocycles. The molecular formula is C10H11BrN2O2. The van der Waals surface area contributed by atoms with Gasteiger partial charge in [-0.3, -0.25) is 0 Å². The molecule has 1 aromatic rings. The van der Waals surface area contributed by atoms with Crippen LogP contribution >= 0.6 is 15.9 Å². The fraction of sp³-hybridized carbons (Fsp3) is 0.200. The number of anilines is 1. The number of hydrogen-bond donors (Lipinski definition) is 1. The lowest BCUT2D eigenvalue weighted by atomic mass is 10.4. The SMILES string of the molecule is COC(=O)/C=C(\C)Nc1ccc(Br)cn1. The Balaban J connectivity index is 2.66. The van der Waals surface area contributed by atoms with Crippen molar-refractivity contribution in [3.8, 4) is 0 Å². The van der Waals surface area contributed by atoms with Crippen molar-refractivity contribution in [1.82, 2.24) is 4.98 Å². The zero-order valence-corrected chi connectivity index (χ0v) is 10.0. The van der Waals surface area contributed by atoms with Gasteiger partial charge in [0.1, 0.15) is 5.82 Å². The third-order valence-electron chi connectivity index (χ3n) is 1.59. The van der Waals surface area contributed by atoms with Crippen LogP contribution in [0.5, 0.6) is 0 Å². The highest BCUT2D eigenvalue weighted by Gasteiger charge is 1.98. The molecule has 0 spiro atoms. The first-order valence-corrected chi connectivity index (χ1v) is 5.06. The summed E-state index contributed by atoms with van der Waals surface area (Å²) in [7, 11) is 1.34. The van der Waals surface area contributed by atoms with Gasteiger partial charge in [0.05, 0.1) is 7.11 Å². The van der Waals surface area contributed by atoms with Gasteiger partial charge in [0.15, 0.2) is 0 Å². The number of hydrogen-bond acceptors (Lipinski definition) is 4. The number of methoxy groups -OCH3 is 1. The van der Waals surface area contributed by atoms with Crippen molar-refractivity contribution in [1.29, 1.82) is 0 Å². The molecule has 0 atom stereocenters. The molecule has 0 aromatic carbocycles. The van der Waals surface area contributed by atoms with Crippen molar-refractivity contribution >= 4 is 27.7 Å². The number of rotatable bonds is 3. The smallest absolute Gasteiger partial charge is 0.332 e. The molecule has 0 aliphatic heterocycles. The summed E-state index contributed by atoms with van der Waals surface area (Å²) >= 11 is 3.28. The van der Waals surface area contributed by atoms with Crippen LogP contribution in [0.1, 0.15) is 6.92 Å².